The molecule has 0 aliphatic carbocycles. The van der Waals surface area contributed by atoms with Crippen molar-refractivity contribution >= 4 is 99.5 Å². The van der Waals surface area contributed by atoms with Crippen LogP contribution in [0, 0.1) is 0 Å². The molecule has 12 rings (SSSR count). The van der Waals surface area contributed by atoms with Crippen molar-refractivity contribution in [2.75, 3.05) is 9.80 Å². The summed E-state index contributed by atoms with van der Waals surface area (Å²) in [7, 11) is 0. The first-order valence-corrected chi connectivity index (χ1v) is 20.3. The molecular formula is C56H36N2O2. The van der Waals surface area contributed by atoms with Crippen LogP contribution in [0.5, 0.6) is 0 Å². The number of furan rings is 2. The van der Waals surface area contributed by atoms with Crippen molar-refractivity contribution in [2.45, 2.75) is 0 Å². The van der Waals surface area contributed by atoms with Crippen LogP contribution in [0.4, 0.5) is 34.1 Å². The molecule has 0 aliphatic heterocycles. The van der Waals surface area contributed by atoms with E-state index < -0.39 is 0 Å². The van der Waals surface area contributed by atoms with Gasteiger partial charge in [-0.1, -0.05) is 127 Å². The van der Waals surface area contributed by atoms with Gasteiger partial charge in [0.2, 0.25) is 0 Å². The molecule has 2 heterocycles. The zero-order chi connectivity index (χ0) is 39.6. The van der Waals surface area contributed by atoms with Gasteiger partial charge in [-0.05, 0) is 101 Å². The van der Waals surface area contributed by atoms with E-state index in [0.717, 1.165) is 105 Å². The molecule has 0 saturated heterocycles. The molecule has 4 heteroatoms. The van der Waals surface area contributed by atoms with E-state index in [1.54, 1.807) is 0 Å². The molecule has 2 aromatic heterocycles. The van der Waals surface area contributed by atoms with Crippen molar-refractivity contribution in [1.82, 2.24) is 0 Å². The molecule has 282 valence electrons. The SMILES string of the molecule is c1ccc(-c2ccccc2N(c2ccc3c(c2)oc2ccccc23)c2ccc3c(c2)c2ccccc2c2c4ccc(N(c5ccccc5)c5ccccc5)cc4oc32)cc1. The summed E-state index contributed by atoms with van der Waals surface area (Å²) in [6.07, 6.45) is 0. The zero-order valence-corrected chi connectivity index (χ0v) is 32.5. The number of nitrogens with zero attached hydrogens (tertiary/aromatic N) is 2. The molecule has 0 saturated carbocycles. The predicted octanol–water partition coefficient (Wildman–Crippen LogP) is 16.4. The van der Waals surface area contributed by atoms with Crippen molar-refractivity contribution in [1.29, 1.82) is 0 Å². The normalized spacial score (nSPS) is 11.7. The van der Waals surface area contributed by atoms with Crippen molar-refractivity contribution in [2.24, 2.45) is 0 Å². The zero-order valence-electron chi connectivity index (χ0n) is 32.5. The molecule has 60 heavy (non-hydrogen) atoms. The average molecular weight is 769 g/mol. The minimum atomic E-state index is 0.846. The topological polar surface area (TPSA) is 32.8 Å². The fourth-order valence-corrected chi connectivity index (χ4v) is 9.12. The third-order valence-corrected chi connectivity index (χ3v) is 11.8. The Hall–Kier alpha value is -8.08. The average Bonchev–Trinajstić information content (AvgIpc) is 3.89. The Balaban J connectivity index is 1.08. The third kappa shape index (κ3) is 5.46. The Labute approximate surface area is 346 Å². The molecule has 0 N–H and O–H groups in total. The van der Waals surface area contributed by atoms with Crippen LogP contribution in [0.15, 0.2) is 227 Å². The van der Waals surface area contributed by atoms with Crippen LogP contribution in [0.25, 0.3) is 76.5 Å². The highest BCUT2D eigenvalue weighted by atomic mass is 16.3. The lowest BCUT2D eigenvalue weighted by atomic mass is 9.96. The van der Waals surface area contributed by atoms with Crippen molar-refractivity contribution in [3.8, 4) is 11.1 Å². The summed E-state index contributed by atoms with van der Waals surface area (Å²) >= 11 is 0. The molecule has 0 amide bonds. The minimum Gasteiger partial charge on any atom is -0.456 e. The number of hydrogen-bond donors (Lipinski definition) is 0. The van der Waals surface area contributed by atoms with Crippen LogP contribution >= 0.6 is 0 Å². The van der Waals surface area contributed by atoms with E-state index in [0.29, 0.717) is 0 Å². The first-order valence-electron chi connectivity index (χ1n) is 20.3. The second-order valence-corrected chi connectivity index (χ2v) is 15.3. The maximum Gasteiger partial charge on any atom is 0.143 e. The van der Waals surface area contributed by atoms with E-state index in [1.807, 2.05) is 12.1 Å². The van der Waals surface area contributed by atoms with E-state index >= 15 is 0 Å². The van der Waals surface area contributed by atoms with Crippen molar-refractivity contribution in [3.05, 3.63) is 218 Å². The van der Waals surface area contributed by atoms with Gasteiger partial charge in [-0.3, -0.25) is 0 Å². The summed E-state index contributed by atoms with van der Waals surface area (Å²) < 4.78 is 13.5. The fraction of sp³-hybridized carbons (Fsp3) is 0. The first kappa shape index (κ1) is 34.0. The summed E-state index contributed by atoms with van der Waals surface area (Å²) in [5.41, 5.74) is 12.1. The van der Waals surface area contributed by atoms with E-state index in [1.165, 1.54) is 5.39 Å². The lowest BCUT2D eigenvalue weighted by Gasteiger charge is -2.28. The van der Waals surface area contributed by atoms with Crippen LogP contribution in [0.3, 0.4) is 0 Å². The molecular weight excluding hydrogens is 733 g/mol. The molecule has 0 bridgehead atoms. The van der Waals surface area contributed by atoms with E-state index in [-0.39, 0.29) is 0 Å². The highest BCUT2D eigenvalue weighted by Gasteiger charge is 2.23. The first-order chi connectivity index (χ1) is 29.8. The minimum absolute atomic E-state index is 0.846. The van der Waals surface area contributed by atoms with Gasteiger partial charge in [0.15, 0.2) is 0 Å². The number of benzene rings is 10. The lowest BCUT2D eigenvalue weighted by Crippen LogP contribution is -2.11. The Morgan fingerprint density at radius 3 is 1.53 bits per heavy atom. The molecule has 0 atom stereocenters. The number of para-hydroxylation sites is 4. The summed E-state index contributed by atoms with van der Waals surface area (Å²) in [6.45, 7) is 0. The lowest BCUT2D eigenvalue weighted by molar-refractivity contribution is 0.669. The molecule has 4 nitrogen and oxygen atoms in total. The van der Waals surface area contributed by atoms with Gasteiger partial charge in [-0.25, -0.2) is 0 Å². The third-order valence-electron chi connectivity index (χ3n) is 11.8. The van der Waals surface area contributed by atoms with Crippen LogP contribution in [0.1, 0.15) is 0 Å². The number of anilines is 6. The summed E-state index contributed by atoms with van der Waals surface area (Å²) in [6, 6.07) is 77.2. The highest BCUT2D eigenvalue weighted by molar-refractivity contribution is 6.30. The van der Waals surface area contributed by atoms with E-state index in [4.69, 9.17) is 8.83 Å². The van der Waals surface area contributed by atoms with Gasteiger partial charge in [0.05, 0.1) is 5.69 Å². The monoisotopic (exact) mass is 768 g/mol. The Morgan fingerprint density at radius 2 is 0.800 bits per heavy atom. The van der Waals surface area contributed by atoms with Gasteiger partial charge in [-0.2, -0.15) is 0 Å². The van der Waals surface area contributed by atoms with Crippen LogP contribution in [0.2, 0.25) is 0 Å². The second kappa shape index (κ2) is 13.8. The van der Waals surface area contributed by atoms with E-state index in [9.17, 15) is 0 Å². The Morgan fingerprint density at radius 1 is 0.283 bits per heavy atom. The van der Waals surface area contributed by atoms with Gasteiger partial charge in [-0.15, -0.1) is 0 Å². The molecule has 10 aromatic carbocycles. The maximum atomic E-state index is 7.01. The van der Waals surface area contributed by atoms with Crippen molar-refractivity contribution < 1.29 is 8.83 Å². The predicted molar refractivity (Wildman–Crippen MR) is 251 cm³/mol. The van der Waals surface area contributed by atoms with Crippen LogP contribution in [-0.2, 0) is 0 Å². The number of hydrogen-bond acceptors (Lipinski definition) is 4. The van der Waals surface area contributed by atoms with Gasteiger partial charge < -0.3 is 18.6 Å². The van der Waals surface area contributed by atoms with Gasteiger partial charge in [0.1, 0.15) is 22.3 Å². The van der Waals surface area contributed by atoms with Gasteiger partial charge >= 0.3 is 0 Å². The molecule has 0 unspecified atom stereocenters. The fourth-order valence-electron chi connectivity index (χ4n) is 9.12. The molecule has 0 fully saturated rings. The smallest absolute Gasteiger partial charge is 0.143 e. The summed E-state index contributed by atoms with van der Waals surface area (Å²) in [5.74, 6) is 0. The molecule has 0 radical (unpaired) electrons. The summed E-state index contributed by atoms with van der Waals surface area (Å²) in [5, 5.41) is 8.95. The largest absolute Gasteiger partial charge is 0.456 e. The molecule has 12 aromatic rings. The highest BCUT2D eigenvalue weighted by Crippen LogP contribution is 2.47. The van der Waals surface area contributed by atoms with Crippen LogP contribution in [-0.4, -0.2) is 0 Å². The van der Waals surface area contributed by atoms with Gasteiger partial charge in [0.25, 0.3) is 0 Å². The molecule has 0 spiro atoms. The van der Waals surface area contributed by atoms with Crippen molar-refractivity contribution in [3.63, 3.8) is 0 Å². The molecule has 0 aliphatic rings. The maximum absolute atomic E-state index is 7.01. The standard InChI is InChI=1S/C56H36N2O2/c1-4-16-37(17-5-1)43-22-12-14-26-51(43)58(42-28-31-46-45-24-13-15-27-52(45)59-53(46)36-42)40-29-32-48-50(34-40)44-23-10-11-25-47(44)55-49-33-30-41(35-54(49)60-56(48)55)57(38-18-6-2-7-19-38)39-20-8-3-9-21-39/h1-36H. The summed E-state index contributed by atoms with van der Waals surface area (Å²) in [4.78, 5) is 4.64. The van der Waals surface area contributed by atoms with Crippen LogP contribution < -0.4 is 9.80 Å². The number of rotatable bonds is 7. The Kier molecular flexibility index (Phi) is 7.82. The number of fused-ring (bicyclic) bond motifs is 11. The van der Waals surface area contributed by atoms with E-state index in [2.05, 4.69) is 216 Å². The quantitative estimate of drug-likeness (QED) is 0.151. The van der Waals surface area contributed by atoms with Gasteiger partial charge in [0, 0.05) is 73.1 Å². The second-order valence-electron chi connectivity index (χ2n) is 15.3. The Bertz CT molecular complexity index is 3510.